The quantitative estimate of drug-likeness (QED) is 0.597. The fraction of sp³-hybridized carbons (Fsp3) is 0.167. The van der Waals surface area contributed by atoms with E-state index in [1.165, 1.54) is 0 Å². The third-order valence-corrected chi connectivity index (χ3v) is 3.63. The van der Waals surface area contributed by atoms with Gasteiger partial charge in [-0.2, -0.15) is 5.10 Å². The Labute approximate surface area is 156 Å². The molecule has 2 rings (SSSR count). The van der Waals surface area contributed by atoms with Crippen LogP contribution in [0.25, 0.3) is 0 Å². The highest BCUT2D eigenvalue weighted by Gasteiger charge is 2.08. The average Bonchev–Trinajstić information content (AvgIpc) is 2.51. The third-order valence-electron chi connectivity index (χ3n) is 3.19. The van der Waals surface area contributed by atoms with Crippen molar-refractivity contribution in [2.75, 3.05) is 5.32 Å². The maximum atomic E-state index is 12.0. The van der Waals surface area contributed by atoms with Crippen LogP contribution in [0.3, 0.4) is 0 Å². The standard InChI is InChI=1S/C18H17Cl2N3O2/c1-11-4-3-5-13(6-11)18(25)23-22-12(2)7-17(24)21-16-9-14(19)8-15(20)10-16/h3-6,8-10H,7H2,1-2H3,(H,21,24)(H,23,25)/b22-12+. The number of hydrogen-bond acceptors (Lipinski definition) is 3. The Balaban J connectivity index is 1.91. The fourth-order valence-electron chi connectivity index (χ4n) is 2.10. The molecule has 5 nitrogen and oxygen atoms in total. The smallest absolute Gasteiger partial charge is 0.271 e. The van der Waals surface area contributed by atoms with Crippen LogP contribution in [0.4, 0.5) is 5.69 Å². The minimum atomic E-state index is -0.329. The number of rotatable bonds is 5. The van der Waals surface area contributed by atoms with Crippen molar-refractivity contribution < 1.29 is 9.59 Å². The van der Waals surface area contributed by atoms with Crippen LogP contribution in [0.15, 0.2) is 47.6 Å². The van der Waals surface area contributed by atoms with Crippen LogP contribution < -0.4 is 10.7 Å². The summed E-state index contributed by atoms with van der Waals surface area (Å²) < 4.78 is 0. The van der Waals surface area contributed by atoms with Gasteiger partial charge in [0.15, 0.2) is 0 Å². The van der Waals surface area contributed by atoms with Crippen LogP contribution in [0.5, 0.6) is 0 Å². The first kappa shape index (κ1) is 19.0. The van der Waals surface area contributed by atoms with E-state index < -0.39 is 0 Å². The molecule has 0 atom stereocenters. The SMILES string of the molecule is C/C(CC(=O)Nc1cc(Cl)cc(Cl)c1)=N\NC(=O)c1cccc(C)c1. The zero-order chi connectivity index (χ0) is 18.4. The summed E-state index contributed by atoms with van der Waals surface area (Å²) in [5.74, 6) is -0.616. The normalized spacial score (nSPS) is 11.1. The van der Waals surface area contributed by atoms with Gasteiger partial charge >= 0.3 is 0 Å². The summed E-state index contributed by atoms with van der Waals surface area (Å²) >= 11 is 11.8. The highest BCUT2D eigenvalue weighted by atomic mass is 35.5. The molecule has 0 bridgehead atoms. The number of aryl methyl sites for hydroxylation is 1. The molecule has 0 unspecified atom stereocenters. The Hall–Kier alpha value is -2.37. The average molecular weight is 378 g/mol. The molecular formula is C18H17Cl2N3O2. The van der Waals surface area contributed by atoms with Crippen molar-refractivity contribution in [3.05, 3.63) is 63.6 Å². The Kier molecular flexibility index (Phi) is 6.56. The van der Waals surface area contributed by atoms with E-state index in [0.29, 0.717) is 27.0 Å². The molecule has 2 N–H and O–H groups in total. The second-order valence-corrected chi connectivity index (χ2v) is 6.41. The lowest BCUT2D eigenvalue weighted by Gasteiger charge is -2.07. The van der Waals surface area contributed by atoms with Gasteiger partial charge in [0.05, 0.1) is 6.42 Å². The first-order valence-corrected chi connectivity index (χ1v) is 8.25. The molecule has 0 saturated carbocycles. The number of benzene rings is 2. The van der Waals surface area contributed by atoms with Crippen molar-refractivity contribution in [3.8, 4) is 0 Å². The van der Waals surface area contributed by atoms with Gasteiger partial charge in [-0.1, -0.05) is 40.9 Å². The van der Waals surface area contributed by atoms with E-state index in [-0.39, 0.29) is 18.2 Å². The molecule has 0 aliphatic carbocycles. The van der Waals surface area contributed by atoms with Crippen molar-refractivity contribution in [2.45, 2.75) is 20.3 Å². The summed E-state index contributed by atoms with van der Waals surface area (Å²) in [6.45, 7) is 3.55. The van der Waals surface area contributed by atoms with Gasteiger partial charge in [-0.15, -0.1) is 0 Å². The molecule has 0 aliphatic rings. The third kappa shape index (κ3) is 6.21. The summed E-state index contributed by atoms with van der Waals surface area (Å²) in [6, 6.07) is 11.9. The number of amides is 2. The predicted molar refractivity (Wildman–Crippen MR) is 101 cm³/mol. The van der Waals surface area contributed by atoms with Crippen LogP contribution in [-0.4, -0.2) is 17.5 Å². The van der Waals surface area contributed by atoms with Crippen LogP contribution in [0.1, 0.15) is 29.3 Å². The maximum absolute atomic E-state index is 12.0. The second kappa shape index (κ2) is 8.65. The zero-order valence-electron chi connectivity index (χ0n) is 13.8. The number of halogens is 2. The molecule has 0 saturated heterocycles. The molecule has 2 aromatic rings. The Morgan fingerprint density at radius 3 is 2.40 bits per heavy atom. The van der Waals surface area contributed by atoms with E-state index in [4.69, 9.17) is 23.2 Å². The summed E-state index contributed by atoms with van der Waals surface area (Å²) in [6.07, 6.45) is 0.0260. The van der Waals surface area contributed by atoms with Crippen LogP contribution >= 0.6 is 23.2 Å². The molecule has 0 heterocycles. The van der Waals surface area contributed by atoms with Crippen molar-refractivity contribution >= 4 is 46.4 Å². The highest BCUT2D eigenvalue weighted by Crippen LogP contribution is 2.22. The molecule has 130 valence electrons. The zero-order valence-corrected chi connectivity index (χ0v) is 15.3. The Morgan fingerprint density at radius 2 is 1.76 bits per heavy atom. The van der Waals surface area contributed by atoms with E-state index in [1.54, 1.807) is 43.3 Å². The minimum absolute atomic E-state index is 0.0260. The summed E-state index contributed by atoms with van der Waals surface area (Å²) in [5.41, 5.74) is 4.89. The number of carbonyl (C=O) groups excluding carboxylic acids is 2. The number of carbonyl (C=O) groups is 2. The van der Waals surface area contributed by atoms with Gasteiger partial charge < -0.3 is 5.32 Å². The molecule has 0 aliphatic heterocycles. The lowest BCUT2D eigenvalue weighted by Crippen LogP contribution is -2.21. The molecule has 25 heavy (non-hydrogen) atoms. The van der Waals surface area contributed by atoms with Gasteiger partial charge in [-0.05, 0) is 44.2 Å². The van der Waals surface area contributed by atoms with Gasteiger partial charge in [0.25, 0.3) is 5.91 Å². The van der Waals surface area contributed by atoms with E-state index in [9.17, 15) is 9.59 Å². The molecular weight excluding hydrogens is 361 g/mol. The van der Waals surface area contributed by atoms with Gasteiger partial charge in [-0.3, -0.25) is 9.59 Å². The maximum Gasteiger partial charge on any atom is 0.271 e. The van der Waals surface area contributed by atoms with Crippen LogP contribution in [-0.2, 0) is 4.79 Å². The van der Waals surface area contributed by atoms with Crippen molar-refractivity contribution in [3.63, 3.8) is 0 Å². The number of hydrogen-bond donors (Lipinski definition) is 2. The summed E-state index contributed by atoms with van der Waals surface area (Å²) in [5, 5.41) is 7.49. The lowest BCUT2D eigenvalue weighted by molar-refractivity contribution is -0.115. The molecule has 0 spiro atoms. The highest BCUT2D eigenvalue weighted by molar-refractivity contribution is 6.35. The second-order valence-electron chi connectivity index (χ2n) is 5.54. The Morgan fingerprint density at radius 1 is 1.08 bits per heavy atom. The summed E-state index contributed by atoms with van der Waals surface area (Å²) in [7, 11) is 0. The fourth-order valence-corrected chi connectivity index (χ4v) is 2.63. The van der Waals surface area contributed by atoms with E-state index in [1.807, 2.05) is 13.0 Å². The molecule has 7 heteroatoms. The lowest BCUT2D eigenvalue weighted by atomic mass is 10.1. The van der Waals surface area contributed by atoms with Gasteiger partial charge in [0.2, 0.25) is 5.91 Å². The van der Waals surface area contributed by atoms with Crippen LogP contribution in [0, 0.1) is 6.92 Å². The summed E-state index contributed by atoms with van der Waals surface area (Å²) in [4.78, 5) is 24.0. The molecule has 0 radical (unpaired) electrons. The molecule has 0 fully saturated rings. The molecule has 2 amide bonds. The predicted octanol–water partition coefficient (Wildman–Crippen LogP) is 4.44. The van der Waals surface area contributed by atoms with Gasteiger partial charge in [0.1, 0.15) is 0 Å². The van der Waals surface area contributed by atoms with Crippen molar-refractivity contribution in [1.29, 1.82) is 0 Å². The first-order valence-electron chi connectivity index (χ1n) is 7.49. The van der Waals surface area contributed by atoms with E-state index in [2.05, 4.69) is 15.8 Å². The monoisotopic (exact) mass is 377 g/mol. The Bertz CT molecular complexity index is 815. The number of hydrazone groups is 1. The molecule has 2 aromatic carbocycles. The van der Waals surface area contributed by atoms with E-state index >= 15 is 0 Å². The molecule has 0 aromatic heterocycles. The first-order chi connectivity index (χ1) is 11.8. The number of nitrogens with one attached hydrogen (secondary N) is 2. The van der Waals surface area contributed by atoms with Crippen molar-refractivity contribution in [1.82, 2.24) is 5.43 Å². The minimum Gasteiger partial charge on any atom is -0.326 e. The largest absolute Gasteiger partial charge is 0.326 e. The van der Waals surface area contributed by atoms with E-state index in [0.717, 1.165) is 5.56 Å². The van der Waals surface area contributed by atoms with Crippen molar-refractivity contribution in [2.24, 2.45) is 5.10 Å². The van der Waals surface area contributed by atoms with Gasteiger partial charge in [0, 0.05) is 27.0 Å². The number of anilines is 1. The number of nitrogens with zero attached hydrogens (tertiary/aromatic N) is 1. The topological polar surface area (TPSA) is 70.6 Å². The van der Waals surface area contributed by atoms with Gasteiger partial charge in [-0.25, -0.2) is 5.43 Å². The van der Waals surface area contributed by atoms with Crippen LogP contribution in [0.2, 0.25) is 10.0 Å².